The lowest BCUT2D eigenvalue weighted by atomic mass is 10.0. The Morgan fingerprint density at radius 1 is 1.53 bits per heavy atom. The number of carbonyl (C=O) groups is 1. The summed E-state index contributed by atoms with van der Waals surface area (Å²) in [4.78, 5) is 11.2. The maximum Gasteiger partial charge on any atom is 0.224 e. The van der Waals surface area contributed by atoms with E-state index in [9.17, 15) is 4.79 Å². The van der Waals surface area contributed by atoms with Crippen molar-refractivity contribution >= 4 is 11.6 Å². The first-order chi connectivity index (χ1) is 9.22. The van der Waals surface area contributed by atoms with Gasteiger partial charge >= 0.3 is 0 Å². The minimum absolute atomic E-state index is 0.0621. The monoisotopic (exact) mass is 259 g/mol. The van der Waals surface area contributed by atoms with Gasteiger partial charge in [0.05, 0.1) is 18.7 Å². The van der Waals surface area contributed by atoms with Crippen LogP contribution >= 0.6 is 0 Å². The molecule has 0 aromatic heterocycles. The molecule has 2 rings (SSSR count). The molecule has 0 radical (unpaired) electrons. The number of anilines is 1. The summed E-state index contributed by atoms with van der Waals surface area (Å²) in [5, 5.41) is 14.5. The second-order valence-electron chi connectivity index (χ2n) is 4.47. The first-order valence-electron chi connectivity index (χ1n) is 6.35. The third-order valence-electron chi connectivity index (χ3n) is 3.15. The van der Waals surface area contributed by atoms with Crippen LogP contribution in [0.5, 0.6) is 5.75 Å². The number of amides is 1. The number of nitrogens with one attached hydrogen (secondary N) is 2. The van der Waals surface area contributed by atoms with Gasteiger partial charge in [-0.1, -0.05) is 0 Å². The van der Waals surface area contributed by atoms with Gasteiger partial charge in [0.15, 0.2) is 0 Å². The predicted molar refractivity (Wildman–Crippen MR) is 72.0 cm³/mol. The van der Waals surface area contributed by atoms with Crippen molar-refractivity contribution in [3.8, 4) is 11.8 Å². The number of benzene rings is 1. The van der Waals surface area contributed by atoms with E-state index in [0.717, 1.165) is 23.4 Å². The number of hydrogen-bond donors (Lipinski definition) is 2. The molecule has 5 heteroatoms. The summed E-state index contributed by atoms with van der Waals surface area (Å²) in [7, 11) is 1.76. The van der Waals surface area contributed by atoms with E-state index in [1.807, 2.05) is 18.2 Å². The van der Waals surface area contributed by atoms with Crippen molar-refractivity contribution in [1.82, 2.24) is 5.32 Å². The van der Waals surface area contributed by atoms with Crippen molar-refractivity contribution in [3.63, 3.8) is 0 Å². The van der Waals surface area contributed by atoms with E-state index in [2.05, 4.69) is 16.7 Å². The zero-order chi connectivity index (χ0) is 13.7. The molecule has 0 fully saturated rings. The first-order valence-corrected chi connectivity index (χ1v) is 6.35. The summed E-state index contributed by atoms with van der Waals surface area (Å²) < 4.78 is 5.63. The van der Waals surface area contributed by atoms with Crippen LogP contribution in [-0.4, -0.2) is 25.6 Å². The highest BCUT2D eigenvalue weighted by Crippen LogP contribution is 2.26. The summed E-state index contributed by atoms with van der Waals surface area (Å²) in [5.41, 5.74) is 1.97. The number of carbonyl (C=O) groups excluding carboxylic acids is 1. The summed E-state index contributed by atoms with van der Waals surface area (Å²) in [6.07, 6.45) is 1.91. The molecule has 0 saturated heterocycles. The molecule has 2 N–H and O–H groups in total. The van der Waals surface area contributed by atoms with Crippen LogP contribution in [0.1, 0.15) is 18.4 Å². The van der Waals surface area contributed by atoms with Crippen molar-refractivity contribution < 1.29 is 9.53 Å². The molecule has 0 spiro atoms. The quantitative estimate of drug-likeness (QED) is 0.839. The molecule has 1 amide bonds. The zero-order valence-electron chi connectivity index (χ0n) is 10.9. The van der Waals surface area contributed by atoms with Crippen LogP contribution < -0.4 is 15.4 Å². The van der Waals surface area contributed by atoms with Gasteiger partial charge in [-0.05, 0) is 37.2 Å². The van der Waals surface area contributed by atoms with Gasteiger partial charge in [-0.2, -0.15) is 5.26 Å². The molecule has 1 aliphatic rings. The Morgan fingerprint density at radius 3 is 3.11 bits per heavy atom. The summed E-state index contributed by atoms with van der Waals surface area (Å²) >= 11 is 0. The summed E-state index contributed by atoms with van der Waals surface area (Å²) in [6.45, 7) is 0.490. The Hall–Kier alpha value is -2.06. The lowest BCUT2D eigenvalue weighted by Crippen LogP contribution is -2.25. The number of nitrogens with zero attached hydrogens (tertiary/aromatic N) is 1. The Morgan fingerprint density at radius 2 is 2.37 bits per heavy atom. The largest absolute Gasteiger partial charge is 0.493 e. The van der Waals surface area contributed by atoms with Crippen molar-refractivity contribution in [2.75, 3.05) is 19.0 Å². The standard InChI is InChI=1S/C14H17N3O2/c1-16-11(9-15)6-7-19-12-3-4-13-10(8-12)2-5-14(18)17-13/h3-4,8,11,16H,2,5-7H2,1H3,(H,17,18). The normalized spacial score (nSPS) is 15.1. The lowest BCUT2D eigenvalue weighted by Gasteiger charge is -2.18. The molecule has 1 atom stereocenters. The van der Waals surface area contributed by atoms with Gasteiger partial charge in [-0.25, -0.2) is 0 Å². The summed E-state index contributed by atoms with van der Waals surface area (Å²) in [5.74, 6) is 0.842. The van der Waals surface area contributed by atoms with Crippen LogP contribution in [0.2, 0.25) is 0 Å². The molecule has 100 valence electrons. The van der Waals surface area contributed by atoms with E-state index in [0.29, 0.717) is 19.4 Å². The number of ether oxygens (including phenoxy) is 1. The van der Waals surface area contributed by atoms with E-state index < -0.39 is 0 Å². The van der Waals surface area contributed by atoms with Crippen LogP contribution in [0, 0.1) is 11.3 Å². The lowest BCUT2D eigenvalue weighted by molar-refractivity contribution is -0.116. The maximum absolute atomic E-state index is 11.2. The van der Waals surface area contributed by atoms with Gasteiger partial charge < -0.3 is 15.4 Å². The minimum Gasteiger partial charge on any atom is -0.493 e. The Labute approximate surface area is 112 Å². The second kappa shape index (κ2) is 6.21. The van der Waals surface area contributed by atoms with Crippen LogP contribution in [0.4, 0.5) is 5.69 Å². The average molecular weight is 259 g/mol. The Kier molecular flexibility index (Phi) is 4.37. The first kappa shape index (κ1) is 13.4. The van der Waals surface area contributed by atoms with Gasteiger partial charge in [0.25, 0.3) is 0 Å². The Balaban J connectivity index is 1.92. The molecular formula is C14H17N3O2. The highest BCUT2D eigenvalue weighted by molar-refractivity contribution is 5.93. The van der Waals surface area contributed by atoms with E-state index in [1.165, 1.54) is 0 Å². The topological polar surface area (TPSA) is 74.1 Å². The minimum atomic E-state index is -0.183. The van der Waals surface area contributed by atoms with Crippen LogP contribution in [0.25, 0.3) is 0 Å². The van der Waals surface area contributed by atoms with Crippen molar-refractivity contribution in [1.29, 1.82) is 5.26 Å². The smallest absolute Gasteiger partial charge is 0.224 e. The fourth-order valence-corrected chi connectivity index (χ4v) is 2.02. The molecule has 1 heterocycles. The molecule has 0 aliphatic carbocycles. The van der Waals surface area contributed by atoms with E-state index in [1.54, 1.807) is 7.05 Å². The predicted octanol–water partition coefficient (Wildman–Crippen LogP) is 1.45. The van der Waals surface area contributed by atoms with Crippen molar-refractivity contribution in [3.05, 3.63) is 23.8 Å². The number of hydrogen-bond acceptors (Lipinski definition) is 4. The molecule has 1 aromatic rings. The van der Waals surface area contributed by atoms with Crippen molar-refractivity contribution in [2.24, 2.45) is 0 Å². The van der Waals surface area contributed by atoms with E-state index in [4.69, 9.17) is 10.00 Å². The molecule has 1 aliphatic heterocycles. The van der Waals surface area contributed by atoms with Gasteiger partial charge in [-0.15, -0.1) is 0 Å². The Bertz CT molecular complexity index is 508. The zero-order valence-corrected chi connectivity index (χ0v) is 10.9. The fourth-order valence-electron chi connectivity index (χ4n) is 2.02. The molecular weight excluding hydrogens is 242 g/mol. The van der Waals surface area contributed by atoms with Gasteiger partial charge in [0, 0.05) is 18.5 Å². The third-order valence-corrected chi connectivity index (χ3v) is 3.15. The molecule has 5 nitrogen and oxygen atoms in total. The SMILES string of the molecule is CNC(C#N)CCOc1ccc2c(c1)CCC(=O)N2. The summed E-state index contributed by atoms with van der Waals surface area (Å²) in [6, 6.07) is 7.63. The van der Waals surface area contributed by atoms with Crippen LogP contribution in [0.3, 0.4) is 0 Å². The maximum atomic E-state index is 11.2. The molecule has 1 aromatic carbocycles. The van der Waals surface area contributed by atoms with Gasteiger partial charge in [0.2, 0.25) is 5.91 Å². The van der Waals surface area contributed by atoms with Crippen LogP contribution in [-0.2, 0) is 11.2 Å². The van der Waals surface area contributed by atoms with E-state index in [-0.39, 0.29) is 11.9 Å². The van der Waals surface area contributed by atoms with Crippen molar-refractivity contribution in [2.45, 2.75) is 25.3 Å². The number of fused-ring (bicyclic) bond motifs is 1. The number of nitriles is 1. The highest BCUT2D eigenvalue weighted by atomic mass is 16.5. The van der Waals surface area contributed by atoms with Crippen LogP contribution in [0.15, 0.2) is 18.2 Å². The fraction of sp³-hybridized carbons (Fsp3) is 0.429. The highest BCUT2D eigenvalue weighted by Gasteiger charge is 2.15. The molecule has 0 saturated carbocycles. The van der Waals surface area contributed by atoms with Gasteiger partial charge in [0.1, 0.15) is 5.75 Å². The van der Waals surface area contributed by atoms with Gasteiger partial charge in [-0.3, -0.25) is 4.79 Å². The number of aryl methyl sites for hydroxylation is 1. The number of rotatable bonds is 5. The molecule has 1 unspecified atom stereocenters. The second-order valence-corrected chi connectivity index (χ2v) is 4.47. The molecule has 19 heavy (non-hydrogen) atoms. The third kappa shape index (κ3) is 3.46. The average Bonchev–Trinajstić information content (AvgIpc) is 2.43. The molecule has 0 bridgehead atoms. The van der Waals surface area contributed by atoms with E-state index >= 15 is 0 Å².